The number of hydrogen-bond acceptors (Lipinski definition) is 4. The second-order valence-electron chi connectivity index (χ2n) is 5.32. The molecule has 0 aliphatic heterocycles. The molecule has 0 saturated heterocycles. The average molecular weight is 344 g/mol. The van der Waals surface area contributed by atoms with Gasteiger partial charge in [0.2, 0.25) is 5.91 Å². The molecule has 2 amide bonds. The monoisotopic (exact) mass is 343 g/mol. The van der Waals surface area contributed by atoms with Crippen LogP contribution in [0.1, 0.15) is 22.8 Å². The first-order chi connectivity index (χ1) is 11.4. The van der Waals surface area contributed by atoms with Gasteiger partial charge in [-0.15, -0.1) is 0 Å². The predicted octanol–water partition coefficient (Wildman–Crippen LogP) is 4.00. The molecule has 24 heavy (non-hydrogen) atoms. The number of halogens is 1. The van der Waals surface area contributed by atoms with Crippen LogP contribution in [0.25, 0.3) is 11.1 Å². The second kappa shape index (κ2) is 6.33. The molecule has 7 heteroatoms. The number of amides is 2. The maximum Gasteiger partial charge on any atom is 0.302 e. The predicted molar refractivity (Wildman–Crippen MR) is 92.5 cm³/mol. The molecule has 0 fully saturated rings. The van der Waals surface area contributed by atoms with Crippen LogP contribution in [0.15, 0.2) is 40.8 Å². The molecule has 6 nitrogen and oxygen atoms in total. The number of nitrogens with one attached hydrogen (secondary N) is 2. The molecule has 1 heterocycles. The van der Waals surface area contributed by atoms with Crippen molar-refractivity contribution in [3.8, 4) is 0 Å². The van der Waals surface area contributed by atoms with Crippen molar-refractivity contribution in [2.24, 2.45) is 0 Å². The standard InChI is InChI=1S/C17H14ClN3O3/c1-9-3-5-12(13(18)7-9)16(23)21-17-20-14-6-4-11(19-10(2)22)8-15(14)24-17/h3-8H,1-2H3,(H,19,22)(H,20,21,23). The van der Waals surface area contributed by atoms with Gasteiger partial charge >= 0.3 is 6.01 Å². The van der Waals surface area contributed by atoms with Gasteiger partial charge in [-0.3, -0.25) is 14.9 Å². The van der Waals surface area contributed by atoms with E-state index in [0.29, 0.717) is 27.4 Å². The largest absolute Gasteiger partial charge is 0.423 e. The highest BCUT2D eigenvalue weighted by Crippen LogP contribution is 2.24. The fourth-order valence-electron chi connectivity index (χ4n) is 2.23. The van der Waals surface area contributed by atoms with Gasteiger partial charge in [-0.25, -0.2) is 0 Å². The van der Waals surface area contributed by atoms with Crippen LogP contribution in [-0.2, 0) is 4.79 Å². The Morgan fingerprint density at radius 3 is 2.62 bits per heavy atom. The van der Waals surface area contributed by atoms with E-state index in [1.165, 1.54) is 6.92 Å². The molecule has 3 rings (SSSR count). The zero-order valence-corrected chi connectivity index (χ0v) is 13.8. The summed E-state index contributed by atoms with van der Waals surface area (Å²) in [5.41, 5.74) is 2.90. The molecule has 3 aromatic rings. The van der Waals surface area contributed by atoms with Crippen LogP contribution < -0.4 is 10.6 Å². The fourth-order valence-corrected chi connectivity index (χ4v) is 2.55. The lowest BCUT2D eigenvalue weighted by molar-refractivity contribution is -0.114. The van der Waals surface area contributed by atoms with E-state index in [2.05, 4.69) is 15.6 Å². The molecule has 0 aliphatic carbocycles. The summed E-state index contributed by atoms with van der Waals surface area (Å²) in [6.07, 6.45) is 0. The highest BCUT2D eigenvalue weighted by Gasteiger charge is 2.14. The minimum absolute atomic E-state index is 0.0617. The Morgan fingerprint density at radius 1 is 1.12 bits per heavy atom. The first-order valence-corrected chi connectivity index (χ1v) is 7.56. The molecule has 2 N–H and O–H groups in total. The van der Waals surface area contributed by atoms with E-state index in [4.69, 9.17) is 16.0 Å². The molecule has 122 valence electrons. The Balaban J connectivity index is 1.84. The van der Waals surface area contributed by atoms with Crippen molar-refractivity contribution in [3.63, 3.8) is 0 Å². The molecule has 2 aromatic carbocycles. The van der Waals surface area contributed by atoms with Crippen molar-refractivity contribution in [1.82, 2.24) is 4.98 Å². The molecule has 0 spiro atoms. The van der Waals surface area contributed by atoms with Crippen molar-refractivity contribution in [1.29, 1.82) is 0 Å². The van der Waals surface area contributed by atoms with Crippen molar-refractivity contribution in [2.75, 3.05) is 10.6 Å². The number of benzene rings is 2. The maximum absolute atomic E-state index is 12.3. The van der Waals surface area contributed by atoms with E-state index >= 15 is 0 Å². The summed E-state index contributed by atoms with van der Waals surface area (Å²) in [5.74, 6) is -0.593. The second-order valence-corrected chi connectivity index (χ2v) is 5.73. The van der Waals surface area contributed by atoms with Crippen molar-refractivity contribution < 1.29 is 14.0 Å². The zero-order chi connectivity index (χ0) is 17.3. The van der Waals surface area contributed by atoms with Crippen molar-refractivity contribution >= 4 is 46.2 Å². The van der Waals surface area contributed by atoms with Crippen LogP contribution in [0, 0.1) is 6.92 Å². The number of rotatable bonds is 3. The van der Waals surface area contributed by atoms with Gasteiger partial charge in [0.25, 0.3) is 5.91 Å². The smallest absolute Gasteiger partial charge is 0.302 e. The summed E-state index contributed by atoms with van der Waals surface area (Å²) in [4.78, 5) is 27.6. The number of hydrogen-bond donors (Lipinski definition) is 2. The Hall–Kier alpha value is -2.86. The third-order valence-electron chi connectivity index (χ3n) is 3.30. The van der Waals surface area contributed by atoms with Crippen LogP contribution in [0.5, 0.6) is 0 Å². The van der Waals surface area contributed by atoms with Gasteiger partial charge in [0, 0.05) is 18.7 Å². The summed E-state index contributed by atoms with van der Waals surface area (Å²) in [6.45, 7) is 3.31. The highest BCUT2D eigenvalue weighted by molar-refractivity contribution is 6.34. The fraction of sp³-hybridized carbons (Fsp3) is 0.118. The van der Waals surface area contributed by atoms with Crippen LogP contribution in [0.3, 0.4) is 0 Å². The van der Waals surface area contributed by atoms with Gasteiger partial charge in [-0.2, -0.15) is 4.98 Å². The normalized spacial score (nSPS) is 10.6. The number of anilines is 2. The van der Waals surface area contributed by atoms with Crippen LogP contribution in [-0.4, -0.2) is 16.8 Å². The van der Waals surface area contributed by atoms with E-state index < -0.39 is 5.91 Å². The summed E-state index contributed by atoms with van der Waals surface area (Å²) in [7, 11) is 0. The number of carbonyl (C=O) groups excluding carboxylic acids is 2. The molecule has 0 bridgehead atoms. The minimum atomic E-state index is -0.409. The van der Waals surface area contributed by atoms with E-state index in [1.54, 1.807) is 36.4 Å². The van der Waals surface area contributed by atoms with E-state index in [1.807, 2.05) is 6.92 Å². The third-order valence-corrected chi connectivity index (χ3v) is 3.61. The summed E-state index contributed by atoms with van der Waals surface area (Å²) < 4.78 is 5.51. The van der Waals surface area contributed by atoms with Crippen LogP contribution in [0.2, 0.25) is 5.02 Å². The first-order valence-electron chi connectivity index (χ1n) is 7.18. The summed E-state index contributed by atoms with van der Waals surface area (Å²) in [5, 5.41) is 5.59. The van der Waals surface area contributed by atoms with E-state index in [0.717, 1.165) is 5.56 Å². The summed E-state index contributed by atoms with van der Waals surface area (Å²) >= 11 is 6.09. The average Bonchev–Trinajstić information content (AvgIpc) is 2.87. The lowest BCUT2D eigenvalue weighted by Crippen LogP contribution is -2.12. The number of aryl methyl sites for hydroxylation is 1. The lowest BCUT2D eigenvalue weighted by atomic mass is 10.1. The Bertz CT molecular complexity index is 949. The van der Waals surface area contributed by atoms with Gasteiger partial charge in [-0.1, -0.05) is 17.7 Å². The molecule has 0 atom stereocenters. The Morgan fingerprint density at radius 2 is 1.92 bits per heavy atom. The van der Waals surface area contributed by atoms with Crippen molar-refractivity contribution in [2.45, 2.75) is 13.8 Å². The third kappa shape index (κ3) is 3.38. The number of oxazole rings is 1. The van der Waals surface area contributed by atoms with Gasteiger partial charge in [0.15, 0.2) is 5.58 Å². The lowest BCUT2D eigenvalue weighted by Gasteiger charge is -2.04. The SMILES string of the molecule is CC(=O)Nc1ccc2nc(NC(=O)c3ccc(C)cc3Cl)oc2c1. The first kappa shape index (κ1) is 16.0. The molecule has 0 unspecified atom stereocenters. The molecular weight excluding hydrogens is 330 g/mol. The quantitative estimate of drug-likeness (QED) is 0.752. The Labute approximate surface area is 142 Å². The number of aromatic nitrogens is 1. The number of fused-ring (bicyclic) bond motifs is 1. The Kier molecular flexibility index (Phi) is 4.22. The molecule has 0 aliphatic rings. The van der Waals surface area contributed by atoms with Crippen molar-refractivity contribution in [3.05, 3.63) is 52.5 Å². The number of carbonyl (C=O) groups is 2. The van der Waals surface area contributed by atoms with Crippen LogP contribution >= 0.6 is 11.6 Å². The van der Waals surface area contributed by atoms with E-state index in [-0.39, 0.29) is 11.9 Å². The van der Waals surface area contributed by atoms with Gasteiger partial charge in [0.05, 0.1) is 10.6 Å². The van der Waals surface area contributed by atoms with Crippen LogP contribution in [0.4, 0.5) is 11.7 Å². The zero-order valence-electron chi connectivity index (χ0n) is 13.0. The minimum Gasteiger partial charge on any atom is -0.423 e. The molecular formula is C17H14ClN3O3. The molecule has 0 saturated carbocycles. The molecule has 0 radical (unpaired) electrons. The van der Waals surface area contributed by atoms with Gasteiger partial charge < -0.3 is 9.73 Å². The molecule has 1 aromatic heterocycles. The number of nitrogens with zero attached hydrogens (tertiary/aromatic N) is 1. The highest BCUT2D eigenvalue weighted by atomic mass is 35.5. The summed E-state index contributed by atoms with van der Waals surface area (Å²) in [6, 6.07) is 10.2. The van der Waals surface area contributed by atoms with Gasteiger partial charge in [-0.05, 0) is 36.8 Å². The maximum atomic E-state index is 12.3. The van der Waals surface area contributed by atoms with Gasteiger partial charge in [0.1, 0.15) is 5.52 Å². The van der Waals surface area contributed by atoms with E-state index in [9.17, 15) is 9.59 Å². The topological polar surface area (TPSA) is 84.2 Å².